The highest BCUT2D eigenvalue weighted by atomic mass is 16.4. The summed E-state index contributed by atoms with van der Waals surface area (Å²) in [6.07, 6.45) is 2.02. The van der Waals surface area contributed by atoms with E-state index >= 15 is 0 Å². The van der Waals surface area contributed by atoms with E-state index in [0.717, 1.165) is 12.4 Å². The van der Waals surface area contributed by atoms with Crippen molar-refractivity contribution in [3.8, 4) is 0 Å². The number of nitrogens with one attached hydrogen (secondary N) is 1. The molecule has 8 heteroatoms. The molecule has 1 aliphatic heterocycles. The third-order valence-corrected chi connectivity index (χ3v) is 3.43. The Hall–Kier alpha value is -3.29. The van der Waals surface area contributed by atoms with E-state index < -0.39 is 34.6 Å². The Morgan fingerprint density at radius 2 is 1.91 bits per heavy atom. The fourth-order valence-electron chi connectivity index (χ4n) is 2.33. The lowest BCUT2D eigenvalue weighted by atomic mass is 9.93. The molecule has 0 radical (unpaired) electrons. The van der Waals surface area contributed by atoms with Crippen molar-refractivity contribution in [3.63, 3.8) is 0 Å². The molecule has 1 aromatic heterocycles. The van der Waals surface area contributed by atoms with Gasteiger partial charge in [-0.3, -0.25) is 19.4 Å². The lowest BCUT2D eigenvalue weighted by molar-refractivity contribution is -0.137. The fraction of sp³-hybridized carbons (Fsp3) is 0.0714. The van der Waals surface area contributed by atoms with Crippen LogP contribution in [0.5, 0.6) is 0 Å². The number of fused-ring (bicyclic) bond motifs is 3. The Morgan fingerprint density at radius 3 is 2.55 bits per heavy atom. The Morgan fingerprint density at radius 1 is 1.18 bits per heavy atom. The van der Waals surface area contributed by atoms with Crippen molar-refractivity contribution in [1.82, 2.24) is 4.98 Å². The monoisotopic (exact) mass is 300 g/mol. The van der Waals surface area contributed by atoms with Crippen molar-refractivity contribution in [2.24, 2.45) is 10.9 Å². The number of carboxylic acids is 2. The predicted octanol–water partition coefficient (Wildman–Crippen LogP) is 0.826. The summed E-state index contributed by atoms with van der Waals surface area (Å²) in [5.74, 6) is -4.68. The highest BCUT2D eigenvalue weighted by molar-refractivity contribution is 6.24. The number of benzene rings is 1. The van der Waals surface area contributed by atoms with Gasteiger partial charge < -0.3 is 15.2 Å². The first-order valence-electron chi connectivity index (χ1n) is 6.14. The molecule has 0 bridgehead atoms. The first kappa shape index (κ1) is 13.7. The highest BCUT2D eigenvalue weighted by Crippen LogP contribution is 2.32. The minimum Gasteiger partial charge on any atom is -0.480 e. The molecular weight excluding hydrogens is 292 g/mol. The van der Waals surface area contributed by atoms with E-state index in [1.54, 1.807) is 0 Å². The van der Waals surface area contributed by atoms with Gasteiger partial charge in [0, 0.05) is 23.4 Å². The zero-order chi connectivity index (χ0) is 16.0. The molecule has 0 fully saturated rings. The van der Waals surface area contributed by atoms with E-state index in [1.165, 1.54) is 12.1 Å². The lowest BCUT2D eigenvalue weighted by Crippen LogP contribution is -2.27. The molecule has 1 aromatic carbocycles. The van der Waals surface area contributed by atoms with Gasteiger partial charge in [-0.2, -0.15) is 0 Å². The van der Waals surface area contributed by atoms with E-state index in [0.29, 0.717) is 0 Å². The first-order valence-corrected chi connectivity index (χ1v) is 6.14. The largest absolute Gasteiger partial charge is 0.480 e. The number of carbonyl (C=O) groups excluding carboxylic acids is 1. The summed E-state index contributed by atoms with van der Waals surface area (Å²) in [6, 6.07) is 2.57. The molecule has 3 rings (SSSR count). The van der Waals surface area contributed by atoms with Gasteiger partial charge in [0.25, 0.3) is 0 Å². The number of hydrogen-bond acceptors (Lipinski definition) is 5. The van der Waals surface area contributed by atoms with Crippen LogP contribution in [-0.2, 0) is 4.79 Å². The van der Waals surface area contributed by atoms with Crippen LogP contribution in [0.4, 0.5) is 5.69 Å². The summed E-state index contributed by atoms with van der Waals surface area (Å²) in [4.78, 5) is 52.7. The molecule has 0 spiro atoms. The van der Waals surface area contributed by atoms with Crippen LogP contribution in [0.2, 0.25) is 0 Å². The quantitative estimate of drug-likeness (QED) is 0.702. The molecule has 0 aliphatic carbocycles. The number of aliphatic imine (C=N–C) groups is 1. The molecule has 22 heavy (non-hydrogen) atoms. The number of ketones is 1. The SMILES string of the molecule is O=C(O)c1c[nH]c2c3c(ccc2c1=O)C(=O)C(C(=O)O)C=N3. The van der Waals surface area contributed by atoms with Crippen molar-refractivity contribution >= 4 is 40.5 Å². The van der Waals surface area contributed by atoms with Crippen LogP contribution in [0.15, 0.2) is 28.1 Å². The summed E-state index contributed by atoms with van der Waals surface area (Å²) in [6.45, 7) is 0. The number of Topliss-reactive ketones (excluding diaryl/α,β-unsaturated/α-hetero) is 1. The zero-order valence-corrected chi connectivity index (χ0v) is 10.9. The van der Waals surface area contributed by atoms with Crippen LogP contribution < -0.4 is 5.43 Å². The second-order valence-corrected chi connectivity index (χ2v) is 4.68. The second-order valence-electron chi connectivity index (χ2n) is 4.68. The molecule has 0 saturated carbocycles. The number of aromatic carboxylic acids is 1. The third-order valence-electron chi connectivity index (χ3n) is 3.43. The molecule has 2 heterocycles. The Balaban J connectivity index is 2.31. The van der Waals surface area contributed by atoms with Crippen molar-refractivity contribution in [2.45, 2.75) is 0 Å². The molecule has 110 valence electrons. The van der Waals surface area contributed by atoms with Crippen molar-refractivity contribution in [2.75, 3.05) is 0 Å². The summed E-state index contributed by atoms with van der Waals surface area (Å²) < 4.78 is 0. The van der Waals surface area contributed by atoms with E-state index in [-0.39, 0.29) is 22.2 Å². The minimum absolute atomic E-state index is 0.0670. The molecule has 1 aliphatic rings. The van der Waals surface area contributed by atoms with Gasteiger partial charge in [0.1, 0.15) is 5.56 Å². The van der Waals surface area contributed by atoms with Crippen LogP contribution in [0.1, 0.15) is 20.7 Å². The normalized spacial score (nSPS) is 16.5. The van der Waals surface area contributed by atoms with Crippen LogP contribution in [0.25, 0.3) is 10.9 Å². The predicted molar refractivity (Wildman–Crippen MR) is 75.1 cm³/mol. The van der Waals surface area contributed by atoms with Gasteiger partial charge in [-0.1, -0.05) is 0 Å². The smallest absolute Gasteiger partial charge is 0.341 e. The lowest BCUT2D eigenvalue weighted by Gasteiger charge is -2.15. The number of aromatic amines is 1. The van der Waals surface area contributed by atoms with Gasteiger partial charge in [0.05, 0.1) is 11.2 Å². The number of rotatable bonds is 2. The number of hydrogen-bond donors (Lipinski definition) is 3. The average Bonchev–Trinajstić information content (AvgIpc) is 2.47. The van der Waals surface area contributed by atoms with Crippen molar-refractivity contribution < 1.29 is 24.6 Å². The summed E-state index contributed by atoms with van der Waals surface area (Å²) in [5, 5.41) is 18.0. The number of aliphatic carboxylic acids is 1. The standard InChI is InChI=1S/C14H8N2O6/c17-11-5-1-2-6-10(9(5)15-3-7(11)13(19)20)16-4-8(12(6)18)14(21)22/h1-4,7H,(H,16,18)(H,19,20)(H,21,22). The summed E-state index contributed by atoms with van der Waals surface area (Å²) in [7, 11) is 0. The molecule has 0 saturated heterocycles. The second kappa shape index (κ2) is 4.62. The number of carbonyl (C=O) groups is 3. The maximum absolute atomic E-state index is 12.1. The average molecular weight is 300 g/mol. The molecule has 8 nitrogen and oxygen atoms in total. The topological polar surface area (TPSA) is 137 Å². The Bertz CT molecular complexity index is 940. The Labute approximate surface area is 121 Å². The summed E-state index contributed by atoms with van der Waals surface area (Å²) >= 11 is 0. The molecule has 1 atom stereocenters. The molecule has 3 N–H and O–H groups in total. The van der Waals surface area contributed by atoms with Gasteiger partial charge in [0.2, 0.25) is 5.43 Å². The van der Waals surface area contributed by atoms with Crippen LogP contribution >= 0.6 is 0 Å². The van der Waals surface area contributed by atoms with E-state index in [4.69, 9.17) is 10.2 Å². The van der Waals surface area contributed by atoms with E-state index in [1.807, 2.05) is 0 Å². The van der Waals surface area contributed by atoms with Crippen LogP contribution in [-0.4, -0.2) is 39.1 Å². The van der Waals surface area contributed by atoms with E-state index in [2.05, 4.69) is 9.98 Å². The molecule has 0 amide bonds. The third kappa shape index (κ3) is 1.81. The van der Waals surface area contributed by atoms with Gasteiger partial charge >= 0.3 is 11.9 Å². The maximum Gasteiger partial charge on any atom is 0.341 e. The molecule has 1 unspecified atom stereocenters. The van der Waals surface area contributed by atoms with Gasteiger partial charge in [-0.05, 0) is 12.1 Å². The highest BCUT2D eigenvalue weighted by Gasteiger charge is 2.31. The summed E-state index contributed by atoms with van der Waals surface area (Å²) in [5.41, 5.74) is -0.731. The molecule has 2 aromatic rings. The van der Waals surface area contributed by atoms with Crippen LogP contribution in [0.3, 0.4) is 0 Å². The number of aromatic nitrogens is 1. The van der Waals surface area contributed by atoms with Crippen LogP contribution in [0, 0.1) is 5.92 Å². The van der Waals surface area contributed by atoms with E-state index in [9.17, 15) is 19.2 Å². The number of nitrogens with zero attached hydrogens (tertiary/aromatic N) is 1. The number of H-pyrrole nitrogens is 1. The Kier molecular flexibility index (Phi) is 2.87. The van der Waals surface area contributed by atoms with Crippen molar-refractivity contribution in [3.05, 3.63) is 39.7 Å². The maximum atomic E-state index is 12.1. The van der Waals surface area contributed by atoms with Gasteiger partial charge in [0.15, 0.2) is 11.7 Å². The van der Waals surface area contributed by atoms with Gasteiger partial charge in [-0.15, -0.1) is 0 Å². The number of carboxylic acid groups (broad SMARTS) is 2. The van der Waals surface area contributed by atoms with Gasteiger partial charge in [-0.25, -0.2) is 4.79 Å². The number of pyridine rings is 1. The minimum atomic E-state index is -1.37. The zero-order valence-electron chi connectivity index (χ0n) is 10.9. The molecular formula is C14H8N2O6. The van der Waals surface area contributed by atoms with Crippen molar-refractivity contribution in [1.29, 1.82) is 0 Å². The first-order chi connectivity index (χ1) is 10.4. The fourth-order valence-corrected chi connectivity index (χ4v) is 2.33.